The van der Waals surface area contributed by atoms with E-state index in [0.717, 1.165) is 18.4 Å². The highest BCUT2D eigenvalue weighted by Crippen LogP contribution is 2.39. The Balaban J connectivity index is 2.06. The molecule has 1 aliphatic rings. The molecule has 0 aliphatic carbocycles. The van der Waals surface area contributed by atoms with Crippen LogP contribution in [0.3, 0.4) is 0 Å². The molecule has 3 heterocycles. The van der Waals surface area contributed by atoms with Crippen LogP contribution in [-0.2, 0) is 4.74 Å². The van der Waals surface area contributed by atoms with E-state index in [4.69, 9.17) is 15.6 Å². The summed E-state index contributed by atoms with van der Waals surface area (Å²) in [7, 11) is 0. The van der Waals surface area contributed by atoms with Crippen molar-refractivity contribution in [2.45, 2.75) is 38.2 Å². The van der Waals surface area contributed by atoms with E-state index in [2.05, 4.69) is 21.3 Å². The molecule has 8 nitrogen and oxygen atoms in total. The van der Waals surface area contributed by atoms with Gasteiger partial charge in [0.2, 0.25) is 0 Å². The van der Waals surface area contributed by atoms with E-state index in [-0.39, 0.29) is 23.0 Å². The summed E-state index contributed by atoms with van der Waals surface area (Å²) >= 11 is 0. The van der Waals surface area contributed by atoms with Gasteiger partial charge in [-0.15, -0.1) is 0 Å². The lowest BCUT2D eigenvalue weighted by molar-refractivity contribution is -0.0593. The third-order valence-corrected chi connectivity index (χ3v) is 4.40. The zero-order chi connectivity index (χ0) is 18.2. The Morgan fingerprint density at radius 1 is 1.48 bits per heavy atom. The van der Waals surface area contributed by atoms with E-state index < -0.39 is 5.97 Å². The third kappa shape index (κ3) is 3.32. The summed E-state index contributed by atoms with van der Waals surface area (Å²) in [5.41, 5.74) is 7.67. The molecule has 0 saturated carbocycles. The zero-order valence-corrected chi connectivity index (χ0v) is 14.0. The highest BCUT2D eigenvalue weighted by Gasteiger charge is 2.32. The largest absolute Gasteiger partial charge is 0.477 e. The van der Waals surface area contributed by atoms with E-state index in [0.29, 0.717) is 23.6 Å². The van der Waals surface area contributed by atoms with Gasteiger partial charge in [-0.25, -0.2) is 9.78 Å². The predicted molar refractivity (Wildman–Crippen MR) is 89.9 cm³/mol. The molecule has 0 bridgehead atoms. The molecule has 1 unspecified atom stereocenters. The Bertz CT molecular complexity index is 866. The number of hydrogen-bond donors (Lipinski definition) is 3. The second kappa shape index (κ2) is 6.18. The number of ether oxygens (including phenoxy) is 1. The first kappa shape index (κ1) is 16.9. The number of aromatic carboxylic acids is 1. The van der Waals surface area contributed by atoms with Gasteiger partial charge in [0, 0.05) is 12.7 Å². The van der Waals surface area contributed by atoms with Crippen LogP contribution in [0.4, 0.5) is 5.82 Å². The number of anilines is 1. The molecule has 1 fully saturated rings. The van der Waals surface area contributed by atoms with Crippen LogP contribution in [0, 0.1) is 11.3 Å². The van der Waals surface area contributed by atoms with Crippen LogP contribution < -0.4 is 5.73 Å². The highest BCUT2D eigenvalue weighted by molar-refractivity contribution is 5.86. The lowest BCUT2D eigenvalue weighted by Crippen LogP contribution is -2.33. The number of aromatic amines is 1. The minimum absolute atomic E-state index is 0.0338. The number of rotatable bonds is 3. The fourth-order valence-corrected chi connectivity index (χ4v) is 3.22. The van der Waals surface area contributed by atoms with E-state index in [9.17, 15) is 10.1 Å². The van der Waals surface area contributed by atoms with Gasteiger partial charge in [-0.3, -0.25) is 5.10 Å². The maximum absolute atomic E-state index is 11.0. The average molecular weight is 341 g/mol. The van der Waals surface area contributed by atoms with Gasteiger partial charge >= 0.3 is 5.97 Å². The summed E-state index contributed by atoms with van der Waals surface area (Å²) in [4.78, 5) is 15.3. The number of carboxylic acids is 1. The molecule has 1 aliphatic heterocycles. The van der Waals surface area contributed by atoms with Crippen molar-refractivity contribution in [2.24, 2.45) is 0 Å². The highest BCUT2D eigenvalue weighted by atomic mass is 16.5. The number of carboxylic acid groups (broad SMARTS) is 1. The monoisotopic (exact) mass is 341 g/mol. The second-order valence-electron chi connectivity index (χ2n) is 6.74. The molecular weight excluding hydrogens is 322 g/mol. The molecule has 0 amide bonds. The number of aromatic nitrogens is 3. The number of hydrogen-bond acceptors (Lipinski definition) is 6. The average Bonchev–Trinajstić information content (AvgIpc) is 3.03. The Kier molecular flexibility index (Phi) is 4.18. The van der Waals surface area contributed by atoms with Crippen LogP contribution in [0.2, 0.25) is 0 Å². The van der Waals surface area contributed by atoms with Crippen molar-refractivity contribution < 1.29 is 14.6 Å². The summed E-state index contributed by atoms with van der Waals surface area (Å²) in [5.74, 6) is -0.869. The number of nitrogen functional groups attached to an aromatic ring is 1. The molecule has 2 aromatic rings. The molecule has 0 radical (unpaired) electrons. The van der Waals surface area contributed by atoms with Gasteiger partial charge in [0.1, 0.15) is 23.3 Å². The van der Waals surface area contributed by atoms with Crippen LogP contribution in [-0.4, -0.2) is 38.5 Å². The molecule has 4 N–H and O–H groups in total. The first-order chi connectivity index (χ1) is 11.8. The molecule has 25 heavy (non-hydrogen) atoms. The van der Waals surface area contributed by atoms with Gasteiger partial charge in [0.25, 0.3) is 0 Å². The molecule has 0 aromatic carbocycles. The van der Waals surface area contributed by atoms with Gasteiger partial charge in [-0.2, -0.15) is 10.4 Å². The Hall–Kier alpha value is -2.92. The molecule has 0 spiro atoms. The first-order valence-corrected chi connectivity index (χ1v) is 7.94. The van der Waals surface area contributed by atoms with Crippen LogP contribution >= 0.6 is 0 Å². The standard InChI is InChI=1S/C17H19N5O3/c1-17(2)7-9(3-4-25-17)10-5-12(20-15(19)11(10)8-18)13-6-14(16(23)24)22-21-13/h5-6,9H,3-4,7H2,1-2H3,(H2,19,20)(H,21,22)(H,23,24). The number of H-pyrrole nitrogens is 1. The maximum Gasteiger partial charge on any atom is 0.353 e. The zero-order valence-electron chi connectivity index (χ0n) is 14.0. The molecule has 130 valence electrons. The van der Waals surface area contributed by atoms with E-state index >= 15 is 0 Å². The SMILES string of the molecule is CC1(C)CC(c2cc(-c3cc(C(=O)O)[nH]n3)nc(N)c2C#N)CCO1. The van der Waals surface area contributed by atoms with Crippen molar-refractivity contribution in [3.63, 3.8) is 0 Å². The maximum atomic E-state index is 11.0. The molecular formula is C17H19N5O3. The van der Waals surface area contributed by atoms with Crippen molar-refractivity contribution in [3.05, 3.63) is 29.0 Å². The summed E-state index contributed by atoms with van der Waals surface area (Å²) in [6.45, 7) is 4.64. The lowest BCUT2D eigenvalue weighted by atomic mass is 9.81. The summed E-state index contributed by atoms with van der Waals surface area (Å²) in [6.07, 6.45) is 1.54. The normalized spacial score (nSPS) is 19.3. The van der Waals surface area contributed by atoms with Crippen LogP contribution in [0.25, 0.3) is 11.4 Å². The number of nitrogens with one attached hydrogen (secondary N) is 1. The summed E-state index contributed by atoms with van der Waals surface area (Å²) in [6, 6.07) is 5.32. The molecule has 3 rings (SSSR count). The Morgan fingerprint density at radius 2 is 2.24 bits per heavy atom. The fraction of sp³-hybridized carbons (Fsp3) is 0.412. The van der Waals surface area contributed by atoms with Crippen LogP contribution in [0.5, 0.6) is 0 Å². The van der Waals surface area contributed by atoms with Crippen molar-refractivity contribution in [2.75, 3.05) is 12.3 Å². The molecule has 1 atom stereocenters. The topological polar surface area (TPSA) is 138 Å². The number of nitriles is 1. The predicted octanol–water partition coefficient (Wildman–Crippen LogP) is 2.30. The first-order valence-electron chi connectivity index (χ1n) is 7.94. The van der Waals surface area contributed by atoms with E-state index in [1.165, 1.54) is 6.07 Å². The van der Waals surface area contributed by atoms with Gasteiger partial charge in [0.15, 0.2) is 0 Å². The third-order valence-electron chi connectivity index (χ3n) is 4.40. The Labute approximate surface area is 144 Å². The van der Waals surface area contributed by atoms with Gasteiger partial charge in [-0.1, -0.05) is 0 Å². The number of nitrogens with two attached hydrogens (primary N) is 1. The smallest absolute Gasteiger partial charge is 0.353 e. The quantitative estimate of drug-likeness (QED) is 0.778. The van der Waals surface area contributed by atoms with Gasteiger partial charge < -0.3 is 15.6 Å². The molecule has 8 heteroatoms. The summed E-state index contributed by atoms with van der Waals surface area (Å²) in [5, 5.41) is 25.0. The summed E-state index contributed by atoms with van der Waals surface area (Å²) < 4.78 is 5.75. The lowest BCUT2D eigenvalue weighted by Gasteiger charge is -2.36. The Morgan fingerprint density at radius 3 is 2.84 bits per heavy atom. The van der Waals surface area contributed by atoms with Crippen molar-refractivity contribution >= 4 is 11.8 Å². The van der Waals surface area contributed by atoms with Gasteiger partial charge in [-0.05, 0) is 44.2 Å². The fourth-order valence-electron chi connectivity index (χ4n) is 3.22. The minimum Gasteiger partial charge on any atom is -0.477 e. The van der Waals surface area contributed by atoms with Gasteiger partial charge in [0.05, 0.1) is 16.9 Å². The number of pyridine rings is 1. The molecule has 2 aromatic heterocycles. The van der Waals surface area contributed by atoms with Crippen molar-refractivity contribution in [1.29, 1.82) is 5.26 Å². The van der Waals surface area contributed by atoms with Crippen LogP contribution in [0.1, 0.15) is 54.2 Å². The molecule has 1 saturated heterocycles. The second-order valence-corrected chi connectivity index (χ2v) is 6.74. The van der Waals surface area contributed by atoms with Crippen LogP contribution in [0.15, 0.2) is 12.1 Å². The minimum atomic E-state index is -1.10. The van der Waals surface area contributed by atoms with E-state index in [1.54, 1.807) is 6.07 Å². The van der Waals surface area contributed by atoms with Crippen molar-refractivity contribution in [1.82, 2.24) is 15.2 Å². The van der Waals surface area contributed by atoms with E-state index in [1.807, 2.05) is 13.8 Å². The van der Waals surface area contributed by atoms with Crippen molar-refractivity contribution in [3.8, 4) is 17.5 Å². The number of carbonyl (C=O) groups is 1. The number of nitrogens with zero attached hydrogens (tertiary/aromatic N) is 3.